The Morgan fingerprint density at radius 3 is 2.50 bits per heavy atom. The number of pyridine rings is 1. The van der Waals surface area contributed by atoms with Crippen LogP contribution in [-0.4, -0.2) is 54.7 Å². The number of carbonyl (C=O) groups is 2. The normalized spacial score (nSPS) is 12.9. The number of thioether (sulfide) groups is 1. The lowest BCUT2D eigenvalue weighted by molar-refractivity contribution is -0.171. The van der Waals surface area contributed by atoms with E-state index in [2.05, 4.69) is 14.5 Å². The summed E-state index contributed by atoms with van der Waals surface area (Å²) in [5.74, 6) is -2.78. The molecule has 1 aliphatic heterocycles. The minimum absolute atomic E-state index is 0.305. The molecule has 9 nitrogen and oxygen atoms in total. The molecule has 0 unspecified atom stereocenters. The van der Waals surface area contributed by atoms with Gasteiger partial charge >= 0.3 is 12.3 Å². The van der Waals surface area contributed by atoms with E-state index in [1.165, 1.54) is 11.6 Å². The van der Waals surface area contributed by atoms with Gasteiger partial charge in [-0.15, -0.1) is 11.8 Å². The number of aromatic nitrogens is 1. The SMILES string of the molecule is COC(=O)OCOc1c(C(=O)N(CN)[C@H](C)C(F)(F)F)[nH]ccc1=O.Fc1ccc2c(c1F)CSc1ccccc1C2. The van der Waals surface area contributed by atoms with Crippen molar-refractivity contribution >= 4 is 23.8 Å². The van der Waals surface area contributed by atoms with E-state index in [0.717, 1.165) is 36.8 Å². The summed E-state index contributed by atoms with van der Waals surface area (Å²) in [6.45, 7) is -0.807. The summed E-state index contributed by atoms with van der Waals surface area (Å²) in [6.07, 6.45) is -4.11. The van der Waals surface area contributed by atoms with Crippen molar-refractivity contribution in [3.63, 3.8) is 0 Å². The first-order valence-electron chi connectivity index (χ1n) is 12.2. The second-order valence-electron chi connectivity index (χ2n) is 8.65. The Kier molecular flexibility index (Phi) is 10.9. The molecule has 0 saturated heterocycles. The molecule has 3 N–H and O–H groups in total. The summed E-state index contributed by atoms with van der Waals surface area (Å²) in [5.41, 5.74) is 6.44. The molecular formula is C27H26F5N3O6S. The van der Waals surface area contributed by atoms with E-state index in [4.69, 9.17) is 10.5 Å². The summed E-state index contributed by atoms with van der Waals surface area (Å²) in [7, 11) is 1.03. The first-order chi connectivity index (χ1) is 19.9. The monoisotopic (exact) mass is 615 g/mol. The number of nitrogens with zero attached hydrogens (tertiary/aromatic N) is 1. The van der Waals surface area contributed by atoms with Gasteiger partial charge < -0.3 is 29.8 Å². The van der Waals surface area contributed by atoms with Crippen LogP contribution in [0.5, 0.6) is 5.75 Å². The minimum Gasteiger partial charge on any atom is -0.451 e. The van der Waals surface area contributed by atoms with Crippen LogP contribution in [0.3, 0.4) is 0 Å². The van der Waals surface area contributed by atoms with Crippen LogP contribution in [-0.2, 0) is 21.6 Å². The third-order valence-corrected chi connectivity index (χ3v) is 7.23. The van der Waals surface area contributed by atoms with Gasteiger partial charge in [0, 0.05) is 28.5 Å². The Labute approximate surface area is 240 Å². The number of benzene rings is 2. The first kappa shape index (κ1) is 32.4. The summed E-state index contributed by atoms with van der Waals surface area (Å²) in [6, 6.07) is 9.70. The summed E-state index contributed by atoms with van der Waals surface area (Å²) in [4.78, 5) is 38.8. The molecule has 0 spiro atoms. The molecular weight excluding hydrogens is 589 g/mol. The number of methoxy groups -OCH3 is 1. The lowest BCUT2D eigenvalue weighted by Gasteiger charge is -2.29. The van der Waals surface area contributed by atoms with E-state index < -0.39 is 66.2 Å². The van der Waals surface area contributed by atoms with Crippen molar-refractivity contribution in [2.75, 3.05) is 20.6 Å². The van der Waals surface area contributed by atoms with E-state index in [-0.39, 0.29) is 0 Å². The average Bonchev–Trinajstić information content (AvgIpc) is 3.15. The van der Waals surface area contributed by atoms with Crippen LogP contribution < -0.4 is 15.9 Å². The standard InChI is InChI=1S/C14H10F2S.C13H16F3N3O6/c15-12-6-5-9-7-10-3-1-2-4-13(10)17-8-11(9)14(12)16;1-7(13(14,15)16)19(5-17)11(21)9-10(8(20)3-4-18-9)24-6-25-12(22)23-2/h1-6H,7-8H2;3-4,7H,5-6,17H2,1-2H3,(H,18,20)/t;7-/m.1/s1. The fourth-order valence-electron chi connectivity index (χ4n) is 3.80. The Balaban J connectivity index is 0.000000245. The van der Waals surface area contributed by atoms with Gasteiger partial charge in [-0.1, -0.05) is 24.3 Å². The Bertz CT molecular complexity index is 1480. The molecule has 226 valence electrons. The zero-order chi connectivity index (χ0) is 31.0. The number of nitrogens with two attached hydrogens (primary N) is 1. The van der Waals surface area contributed by atoms with Crippen LogP contribution in [0.1, 0.15) is 34.1 Å². The highest BCUT2D eigenvalue weighted by molar-refractivity contribution is 7.98. The number of H-pyrrole nitrogens is 1. The van der Waals surface area contributed by atoms with Gasteiger partial charge in [0.25, 0.3) is 5.91 Å². The number of carbonyl (C=O) groups excluding carboxylic acids is 2. The second-order valence-corrected chi connectivity index (χ2v) is 9.67. The van der Waals surface area contributed by atoms with Gasteiger partial charge in [-0.05, 0) is 36.6 Å². The molecule has 1 aliphatic rings. The molecule has 0 aliphatic carbocycles. The fraction of sp³-hybridized carbons (Fsp3) is 0.296. The topological polar surface area (TPSA) is 124 Å². The molecule has 2 heterocycles. The lowest BCUT2D eigenvalue weighted by atomic mass is 10.0. The van der Waals surface area contributed by atoms with Gasteiger partial charge in [0.05, 0.1) is 13.8 Å². The molecule has 0 fully saturated rings. The molecule has 4 rings (SSSR count). The third kappa shape index (κ3) is 7.79. The number of nitrogens with one attached hydrogen (secondary N) is 1. The summed E-state index contributed by atoms with van der Waals surface area (Å²) in [5, 5.41) is 0. The van der Waals surface area contributed by atoms with E-state index in [0.29, 0.717) is 22.6 Å². The van der Waals surface area contributed by atoms with Gasteiger partial charge in [0.15, 0.2) is 23.1 Å². The van der Waals surface area contributed by atoms with Crippen molar-refractivity contribution in [3.8, 4) is 5.75 Å². The number of hydrogen-bond acceptors (Lipinski definition) is 8. The van der Waals surface area contributed by atoms with Crippen LogP contribution in [0.25, 0.3) is 0 Å². The average molecular weight is 616 g/mol. The number of ether oxygens (including phenoxy) is 3. The summed E-state index contributed by atoms with van der Waals surface area (Å²) < 4.78 is 78.9. The van der Waals surface area contributed by atoms with E-state index >= 15 is 0 Å². The quantitative estimate of drug-likeness (QED) is 0.227. The highest BCUT2D eigenvalue weighted by atomic mass is 32.2. The maximum Gasteiger partial charge on any atom is 0.510 e. The van der Waals surface area contributed by atoms with Gasteiger partial charge in [-0.2, -0.15) is 13.2 Å². The van der Waals surface area contributed by atoms with Crippen LogP contribution in [0.15, 0.2) is 58.4 Å². The largest absolute Gasteiger partial charge is 0.510 e. The third-order valence-electron chi connectivity index (χ3n) is 6.09. The lowest BCUT2D eigenvalue weighted by Crippen LogP contribution is -2.50. The van der Waals surface area contributed by atoms with Gasteiger partial charge in [-0.25, -0.2) is 13.6 Å². The first-order valence-corrected chi connectivity index (χ1v) is 13.2. The van der Waals surface area contributed by atoms with Crippen LogP contribution in [0, 0.1) is 11.6 Å². The Morgan fingerprint density at radius 2 is 1.83 bits per heavy atom. The van der Waals surface area contributed by atoms with Crippen molar-refractivity contribution in [1.29, 1.82) is 0 Å². The number of aromatic amines is 1. The van der Waals surface area contributed by atoms with Gasteiger partial charge in [-0.3, -0.25) is 9.59 Å². The number of hydrogen-bond donors (Lipinski definition) is 2. The van der Waals surface area contributed by atoms with Gasteiger partial charge in [0.2, 0.25) is 12.2 Å². The fourth-order valence-corrected chi connectivity index (χ4v) is 4.91. The second kappa shape index (κ2) is 14.2. The minimum atomic E-state index is -4.72. The van der Waals surface area contributed by atoms with Crippen molar-refractivity contribution in [2.45, 2.75) is 36.2 Å². The van der Waals surface area contributed by atoms with Crippen molar-refractivity contribution < 1.29 is 45.8 Å². The van der Waals surface area contributed by atoms with E-state index in [1.54, 1.807) is 17.8 Å². The smallest absolute Gasteiger partial charge is 0.451 e. The summed E-state index contributed by atoms with van der Waals surface area (Å²) >= 11 is 1.57. The highest BCUT2D eigenvalue weighted by Crippen LogP contribution is 2.35. The number of rotatable bonds is 6. The van der Waals surface area contributed by atoms with E-state index in [9.17, 15) is 36.3 Å². The number of halogens is 5. The van der Waals surface area contributed by atoms with Gasteiger partial charge in [0.1, 0.15) is 6.04 Å². The Hall–Kier alpha value is -4.11. The molecule has 15 heteroatoms. The molecule has 0 saturated carbocycles. The maximum atomic E-state index is 13.7. The zero-order valence-electron chi connectivity index (χ0n) is 22.3. The molecule has 1 aromatic heterocycles. The number of alkyl halides is 3. The Morgan fingerprint density at radius 1 is 1.12 bits per heavy atom. The predicted octanol–water partition coefficient (Wildman–Crippen LogP) is 4.96. The number of fused-ring (bicyclic) bond motifs is 2. The van der Waals surface area contributed by atoms with Crippen molar-refractivity contribution in [1.82, 2.24) is 9.88 Å². The predicted molar refractivity (Wildman–Crippen MR) is 142 cm³/mol. The molecule has 0 radical (unpaired) electrons. The maximum absolute atomic E-state index is 13.7. The highest BCUT2D eigenvalue weighted by Gasteiger charge is 2.42. The molecule has 42 heavy (non-hydrogen) atoms. The van der Waals surface area contributed by atoms with Crippen molar-refractivity contribution in [3.05, 3.63) is 92.9 Å². The van der Waals surface area contributed by atoms with Crippen LogP contribution >= 0.6 is 11.8 Å². The van der Waals surface area contributed by atoms with Crippen molar-refractivity contribution in [2.24, 2.45) is 5.73 Å². The molecule has 3 aromatic rings. The molecule has 0 bridgehead atoms. The molecule has 1 atom stereocenters. The van der Waals surface area contributed by atoms with Crippen LogP contribution in [0.4, 0.5) is 26.7 Å². The van der Waals surface area contributed by atoms with Crippen LogP contribution in [0.2, 0.25) is 0 Å². The molecule has 2 aromatic carbocycles. The number of amides is 1. The van der Waals surface area contributed by atoms with E-state index in [1.807, 2.05) is 24.3 Å². The zero-order valence-corrected chi connectivity index (χ0v) is 23.1. The molecule has 1 amide bonds.